The van der Waals surface area contributed by atoms with Gasteiger partial charge in [0.25, 0.3) is 0 Å². The molecule has 0 aliphatic rings. The predicted octanol–water partition coefficient (Wildman–Crippen LogP) is 4.86. The van der Waals surface area contributed by atoms with Crippen molar-refractivity contribution >= 4 is 23.0 Å². The van der Waals surface area contributed by atoms with Crippen molar-refractivity contribution in [3.63, 3.8) is 0 Å². The number of anilines is 4. The van der Waals surface area contributed by atoms with Gasteiger partial charge in [0.1, 0.15) is 35.3 Å². The highest BCUT2D eigenvalue weighted by atomic mass is 19.1. The fourth-order valence-corrected chi connectivity index (χ4v) is 2.26. The number of hydrogen-bond donors (Lipinski definition) is 2. The van der Waals surface area contributed by atoms with Gasteiger partial charge in [-0.05, 0) is 43.2 Å². The summed E-state index contributed by atoms with van der Waals surface area (Å²) in [5, 5.41) is 5.84. The maximum atomic E-state index is 13.7. The molecule has 0 aliphatic heterocycles. The minimum Gasteiger partial charge on any atom is -0.340 e. The van der Waals surface area contributed by atoms with Gasteiger partial charge in [0.15, 0.2) is 0 Å². The van der Waals surface area contributed by atoms with Crippen molar-refractivity contribution in [3.05, 3.63) is 71.6 Å². The summed E-state index contributed by atoms with van der Waals surface area (Å²) in [5.74, 6) is -0.546. The highest BCUT2D eigenvalue weighted by Crippen LogP contribution is 2.25. The van der Waals surface area contributed by atoms with Crippen molar-refractivity contribution in [3.8, 4) is 0 Å². The van der Waals surface area contributed by atoms with E-state index in [-0.39, 0.29) is 5.69 Å². The highest BCUT2D eigenvalue weighted by molar-refractivity contribution is 5.65. The molecule has 1 heterocycles. The van der Waals surface area contributed by atoms with E-state index >= 15 is 0 Å². The first-order valence-electron chi connectivity index (χ1n) is 7.41. The van der Waals surface area contributed by atoms with Crippen LogP contribution in [-0.4, -0.2) is 9.97 Å². The Morgan fingerprint density at radius 1 is 0.833 bits per heavy atom. The Bertz CT molecular complexity index is 860. The third-order valence-electron chi connectivity index (χ3n) is 3.75. The van der Waals surface area contributed by atoms with Crippen molar-refractivity contribution in [2.75, 3.05) is 10.6 Å². The number of halogens is 2. The van der Waals surface area contributed by atoms with Crippen molar-refractivity contribution in [2.45, 2.75) is 13.8 Å². The topological polar surface area (TPSA) is 49.8 Å². The first kappa shape index (κ1) is 15.9. The third kappa shape index (κ3) is 3.32. The standard InChI is InChI=1S/C18H16F2N4/c1-11-5-3-8-15(12(11)2)23-16-9-17(22-10-21-16)24-18-13(19)6-4-7-14(18)20/h3-10H,1-2H3,(H2,21,22,23,24). The molecule has 0 aliphatic carbocycles. The van der Waals surface area contributed by atoms with E-state index in [1.54, 1.807) is 6.07 Å². The molecule has 2 N–H and O–H groups in total. The molecule has 1 aromatic heterocycles. The van der Waals surface area contributed by atoms with E-state index in [2.05, 4.69) is 20.6 Å². The van der Waals surface area contributed by atoms with Crippen LogP contribution in [0.4, 0.5) is 31.8 Å². The monoisotopic (exact) mass is 326 g/mol. The normalized spacial score (nSPS) is 10.5. The van der Waals surface area contributed by atoms with Crippen LogP contribution in [0.2, 0.25) is 0 Å². The third-order valence-corrected chi connectivity index (χ3v) is 3.75. The number of nitrogens with one attached hydrogen (secondary N) is 2. The summed E-state index contributed by atoms with van der Waals surface area (Å²) < 4.78 is 27.4. The second-order valence-electron chi connectivity index (χ2n) is 5.38. The van der Waals surface area contributed by atoms with Crippen LogP contribution in [0.1, 0.15) is 11.1 Å². The Labute approximate surface area is 138 Å². The van der Waals surface area contributed by atoms with Gasteiger partial charge in [-0.2, -0.15) is 0 Å². The molecule has 0 radical (unpaired) electrons. The zero-order valence-electron chi connectivity index (χ0n) is 13.3. The van der Waals surface area contributed by atoms with Gasteiger partial charge in [-0.15, -0.1) is 0 Å². The smallest absolute Gasteiger partial charge is 0.149 e. The molecular weight excluding hydrogens is 310 g/mol. The molecule has 0 fully saturated rings. The van der Waals surface area contributed by atoms with Gasteiger partial charge in [0.2, 0.25) is 0 Å². The number of aryl methyl sites for hydroxylation is 1. The molecule has 2 aromatic carbocycles. The first-order chi connectivity index (χ1) is 11.5. The summed E-state index contributed by atoms with van der Waals surface area (Å²) in [6.07, 6.45) is 1.33. The predicted molar refractivity (Wildman–Crippen MR) is 90.9 cm³/mol. The minimum atomic E-state index is -0.683. The molecule has 0 saturated carbocycles. The molecule has 3 rings (SSSR count). The summed E-state index contributed by atoms with van der Waals surface area (Å²) in [6.45, 7) is 4.03. The molecule has 6 heteroatoms. The first-order valence-corrected chi connectivity index (χ1v) is 7.41. The van der Waals surface area contributed by atoms with E-state index in [1.165, 1.54) is 24.5 Å². The maximum absolute atomic E-state index is 13.7. The Balaban J connectivity index is 1.86. The van der Waals surface area contributed by atoms with E-state index in [0.717, 1.165) is 16.8 Å². The zero-order valence-corrected chi connectivity index (χ0v) is 13.3. The molecule has 0 spiro atoms. The van der Waals surface area contributed by atoms with Gasteiger partial charge in [-0.25, -0.2) is 18.7 Å². The van der Waals surface area contributed by atoms with Crippen molar-refractivity contribution in [1.29, 1.82) is 0 Å². The summed E-state index contributed by atoms with van der Waals surface area (Å²) in [5.41, 5.74) is 2.93. The maximum Gasteiger partial charge on any atom is 0.149 e. The molecule has 0 unspecified atom stereocenters. The van der Waals surface area contributed by atoms with Crippen LogP contribution in [0.3, 0.4) is 0 Å². The van der Waals surface area contributed by atoms with E-state index in [9.17, 15) is 8.78 Å². The van der Waals surface area contributed by atoms with Crippen LogP contribution in [0.25, 0.3) is 0 Å². The molecule has 0 atom stereocenters. The molecule has 0 saturated heterocycles. The number of rotatable bonds is 4. The van der Waals surface area contributed by atoms with Crippen molar-refractivity contribution < 1.29 is 8.78 Å². The lowest BCUT2D eigenvalue weighted by atomic mass is 10.1. The van der Waals surface area contributed by atoms with E-state index in [1.807, 2.05) is 32.0 Å². The van der Waals surface area contributed by atoms with Crippen LogP contribution in [0.15, 0.2) is 48.8 Å². The lowest BCUT2D eigenvalue weighted by Gasteiger charge is -2.12. The second-order valence-corrected chi connectivity index (χ2v) is 5.38. The molecule has 4 nitrogen and oxygen atoms in total. The van der Waals surface area contributed by atoms with Crippen LogP contribution >= 0.6 is 0 Å². The molecule has 0 bridgehead atoms. The quantitative estimate of drug-likeness (QED) is 0.719. The van der Waals surface area contributed by atoms with Gasteiger partial charge in [-0.3, -0.25) is 0 Å². The van der Waals surface area contributed by atoms with Crippen molar-refractivity contribution in [2.24, 2.45) is 0 Å². The number of para-hydroxylation sites is 1. The van der Waals surface area contributed by atoms with Gasteiger partial charge in [0, 0.05) is 11.8 Å². The average Bonchev–Trinajstić information content (AvgIpc) is 2.56. The van der Waals surface area contributed by atoms with Crippen LogP contribution in [-0.2, 0) is 0 Å². The van der Waals surface area contributed by atoms with Gasteiger partial charge in [-0.1, -0.05) is 18.2 Å². The molecule has 122 valence electrons. The Morgan fingerprint density at radius 3 is 2.17 bits per heavy atom. The largest absolute Gasteiger partial charge is 0.340 e. The molecular formula is C18H16F2N4. The van der Waals surface area contributed by atoms with E-state index in [0.29, 0.717) is 11.6 Å². The number of hydrogen-bond acceptors (Lipinski definition) is 4. The number of aromatic nitrogens is 2. The summed E-state index contributed by atoms with van der Waals surface area (Å²) in [4.78, 5) is 8.15. The zero-order chi connectivity index (χ0) is 17.1. The van der Waals surface area contributed by atoms with Gasteiger partial charge < -0.3 is 10.6 Å². The minimum absolute atomic E-state index is 0.242. The number of nitrogens with zero attached hydrogens (tertiary/aromatic N) is 2. The molecule has 3 aromatic rings. The summed E-state index contributed by atoms with van der Waals surface area (Å²) >= 11 is 0. The second kappa shape index (κ2) is 6.62. The van der Waals surface area contributed by atoms with Crippen molar-refractivity contribution in [1.82, 2.24) is 9.97 Å². The van der Waals surface area contributed by atoms with E-state index < -0.39 is 11.6 Å². The lowest BCUT2D eigenvalue weighted by molar-refractivity contribution is 0.590. The van der Waals surface area contributed by atoms with Crippen LogP contribution < -0.4 is 10.6 Å². The Hall–Kier alpha value is -3.02. The molecule has 24 heavy (non-hydrogen) atoms. The fourth-order valence-electron chi connectivity index (χ4n) is 2.26. The van der Waals surface area contributed by atoms with E-state index in [4.69, 9.17) is 0 Å². The van der Waals surface area contributed by atoms with Gasteiger partial charge >= 0.3 is 0 Å². The number of benzene rings is 2. The highest BCUT2D eigenvalue weighted by Gasteiger charge is 2.10. The SMILES string of the molecule is Cc1cccc(Nc2cc(Nc3c(F)cccc3F)ncn2)c1C. The fraction of sp³-hybridized carbons (Fsp3) is 0.111. The molecule has 0 amide bonds. The Morgan fingerprint density at radius 2 is 1.46 bits per heavy atom. The van der Waals surface area contributed by atoms with Gasteiger partial charge in [0.05, 0.1) is 0 Å². The van der Waals surface area contributed by atoms with Crippen LogP contribution in [0.5, 0.6) is 0 Å². The Kier molecular flexibility index (Phi) is 4.37. The lowest BCUT2D eigenvalue weighted by Crippen LogP contribution is -2.02. The summed E-state index contributed by atoms with van der Waals surface area (Å²) in [7, 11) is 0. The summed E-state index contributed by atoms with van der Waals surface area (Å²) in [6, 6.07) is 11.2. The average molecular weight is 326 g/mol. The van der Waals surface area contributed by atoms with Crippen LogP contribution in [0, 0.1) is 25.5 Å².